The Balaban J connectivity index is 1.93. The van der Waals surface area contributed by atoms with Crippen molar-refractivity contribution in [2.24, 2.45) is 5.10 Å². The van der Waals surface area contributed by atoms with Crippen molar-refractivity contribution < 1.29 is 19.0 Å². The first-order valence-electron chi connectivity index (χ1n) is 6.11. The second-order valence-electron chi connectivity index (χ2n) is 4.24. The van der Waals surface area contributed by atoms with Crippen molar-refractivity contribution in [1.82, 2.24) is 5.01 Å². The van der Waals surface area contributed by atoms with Gasteiger partial charge in [-0.15, -0.1) is 0 Å². The van der Waals surface area contributed by atoms with Gasteiger partial charge in [0.25, 0.3) is 0 Å². The van der Waals surface area contributed by atoms with Crippen molar-refractivity contribution in [1.29, 1.82) is 0 Å². The van der Waals surface area contributed by atoms with Crippen molar-refractivity contribution in [2.75, 3.05) is 26.9 Å². The monoisotopic (exact) mass is 262 g/mol. The van der Waals surface area contributed by atoms with Crippen LogP contribution in [0.2, 0.25) is 0 Å². The minimum atomic E-state index is -0.394. The SMILES string of the molecule is COc1ccc2c(c1)OCCC2=NN1CCOC1=O. The lowest BCUT2D eigenvalue weighted by Gasteiger charge is -2.20. The van der Waals surface area contributed by atoms with Gasteiger partial charge in [-0.1, -0.05) is 0 Å². The maximum atomic E-state index is 11.4. The average Bonchev–Trinajstić information content (AvgIpc) is 2.84. The van der Waals surface area contributed by atoms with Gasteiger partial charge < -0.3 is 14.2 Å². The summed E-state index contributed by atoms with van der Waals surface area (Å²) in [5.74, 6) is 1.47. The molecule has 0 aromatic heterocycles. The summed E-state index contributed by atoms with van der Waals surface area (Å²) in [7, 11) is 1.61. The summed E-state index contributed by atoms with van der Waals surface area (Å²) in [5.41, 5.74) is 1.73. The first kappa shape index (κ1) is 11.8. The van der Waals surface area contributed by atoms with E-state index >= 15 is 0 Å². The quantitative estimate of drug-likeness (QED) is 0.812. The number of methoxy groups -OCH3 is 1. The van der Waals surface area contributed by atoms with Crippen molar-refractivity contribution in [3.05, 3.63) is 23.8 Å². The van der Waals surface area contributed by atoms with Gasteiger partial charge in [-0.2, -0.15) is 10.1 Å². The van der Waals surface area contributed by atoms with Crippen LogP contribution in [0.15, 0.2) is 23.3 Å². The number of fused-ring (bicyclic) bond motifs is 1. The molecule has 1 aromatic rings. The van der Waals surface area contributed by atoms with E-state index in [1.165, 1.54) is 5.01 Å². The summed E-state index contributed by atoms with van der Waals surface area (Å²) in [6.07, 6.45) is 0.275. The molecule has 2 heterocycles. The molecule has 0 bridgehead atoms. The molecule has 0 saturated carbocycles. The molecule has 6 nitrogen and oxygen atoms in total. The fourth-order valence-corrected chi connectivity index (χ4v) is 2.11. The lowest BCUT2D eigenvalue weighted by Crippen LogP contribution is -2.24. The summed E-state index contributed by atoms with van der Waals surface area (Å²) in [4.78, 5) is 11.4. The number of amides is 1. The second-order valence-corrected chi connectivity index (χ2v) is 4.24. The third kappa shape index (κ3) is 2.21. The molecule has 2 aliphatic heterocycles. The Bertz CT molecular complexity index is 541. The normalized spacial score (nSPS) is 19.9. The smallest absolute Gasteiger partial charge is 0.430 e. The van der Waals surface area contributed by atoms with Crippen molar-refractivity contribution >= 4 is 11.8 Å². The molecule has 1 saturated heterocycles. The highest BCUT2D eigenvalue weighted by Gasteiger charge is 2.24. The van der Waals surface area contributed by atoms with Gasteiger partial charge >= 0.3 is 6.09 Å². The molecule has 1 fully saturated rings. The van der Waals surface area contributed by atoms with Crippen LogP contribution in [0.1, 0.15) is 12.0 Å². The van der Waals surface area contributed by atoms with Crippen LogP contribution in [-0.2, 0) is 4.74 Å². The van der Waals surface area contributed by atoms with E-state index in [2.05, 4.69) is 5.10 Å². The molecule has 6 heteroatoms. The molecule has 0 aliphatic carbocycles. The minimum Gasteiger partial charge on any atom is -0.497 e. The van der Waals surface area contributed by atoms with Gasteiger partial charge in [0, 0.05) is 18.1 Å². The molecule has 2 aliphatic rings. The van der Waals surface area contributed by atoms with Gasteiger partial charge in [-0.25, -0.2) is 4.79 Å². The van der Waals surface area contributed by atoms with Crippen LogP contribution in [0.5, 0.6) is 11.5 Å². The van der Waals surface area contributed by atoms with Gasteiger partial charge in [0.2, 0.25) is 0 Å². The minimum absolute atomic E-state index is 0.390. The molecule has 100 valence electrons. The summed E-state index contributed by atoms with van der Waals surface area (Å²) in [6.45, 7) is 1.43. The standard InChI is InChI=1S/C13H14N2O4/c1-17-9-2-3-10-11(4-6-18-12(10)8-9)14-15-5-7-19-13(15)16/h2-3,8H,4-7H2,1H3. The van der Waals surface area contributed by atoms with E-state index in [1.807, 2.05) is 18.2 Å². The van der Waals surface area contributed by atoms with Gasteiger partial charge in [0.15, 0.2) is 0 Å². The number of hydrogen-bond donors (Lipinski definition) is 0. The second kappa shape index (κ2) is 4.79. The third-order valence-corrected chi connectivity index (χ3v) is 3.08. The summed E-state index contributed by atoms with van der Waals surface area (Å²) in [6, 6.07) is 5.57. The number of rotatable bonds is 2. The van der Waals surface area contributed by atoms with Crippen LogP contribution in [-0.4, -0.2) is 43.7 Å². The van der Waals surface area contributed by atoms with Crippen LogP contribution < -0.4 is 9.47 Å². The molecule has 19 heavy (non-hydrogen) atoms. The molecule has 3 rings (SSSR count). The van der Waals surface area contributed by atoms with E-state index in [0.29, 0.717) is 26.2 Å². The van der Waals surface area contributed by atoms with Crippen LogP contribution in [0, 0.1) is 0 Å². The third-order valence-electron chi connectivity index (χ3n) is 3.08. The molecular weight excluding hydrogens is 248 g/mol. The van der Waals surface area contributed by atoms with Crippen LogP contribution in [0.25, 0.3) is 0 Å². The topological polar surface area (TPSA) is 60.4 Å². The van der Waals surface area contributed by atoms with Crippen LogP contribution >= 0.6 is 0 Å². The van der Waals surface area contributed by atoms with E-state index in [-0.39, 0.29) is 0 Å². The Morgan fingerprint density at radius 2 is 2.21 bits per heavy atom. The number of hydrazone groups is 1. The highest BCUT2D eigenvalue weighted by Crippen LogP contribution is 2.29. The van der Waals surface area contributed by atoms with Crippen molar-refractivity contribution in [2.45, 2.75) is 6.42 Å². The Morgan fingerprint density at radius 1 is 1.32 bits per heavy atom. The Labute approximate surface area is 110 Å². The molecule has 0 unspecified atom stereocenters. The number of hydrogen-bond acceptors (Lipinski definition) is 5. The van der Waals surface area contributed by atoms with Crippen molar-refractivity contribution in [3.63, 3.8) is 0 Å². The molecule has 0 spiro atoms. The van der Waals surface area contributed by atoms with E-state index in [9.17, 15) is 4.79 Å². The first-order chi connectivity index (χ1) is 9.28. The Kier molecular flexibility index (Phi) is 2.98. The van der Waals surface area contributed by atoms with Gasteiger partial charge in [-0.05, 0) is 12.1 Å². The maximum absolute atomic E-state index is 11.4. The predicted molar refractivity (Wildman–Crippen MR) is 67.7 cm³/mol. The Hall–Kier alpha value is -2.24. The highest BCUT2D eigenvalue weighted by atomic mass is 16.6. The van der Waals surface area contributed by atoms with Gasteiger partial charge in [-0.3, -0.25) is 0 Å². The predicted octanol–water partition coefficient (Wildman–Crippen LogP) is 1.63. The lowest BCUT2D eigenvalue weighted by molar-refractivity contribution is 0.159. The van der Waals surface area contributed by atoms with Crippen LogP contribution in [0.3, 0.4) is 0 Å². The summed E-state index contributed by atoms with van der Waals surface area (Å²) < 4.78 is 15.6. The van der Waals surface area contributed by atoms with Crippen molar-refractivity contribution in [3.8, 4) is 11.5 Å². The zero-order valence-electron chi connectivity index (χ0n) is 10.6. The summed E-state index contributed by atoms with van der Waals surface area (Å²) in [5, 5.41) is 5.72. The molecular formula is C13H14N2O4. The molecule has 0 atom stereocenters. The van der Waals surface area contributed by atoms with Crippen LogP contribution in [0.4, 0.5) is 4.79 Å². The maximum Gasteiger partial charge on any atom is 0.430 e. The number of benzene rings is 1. The molecule has 0 radical (unpaired) electrons. The van der Waals surface area contributed by atoms with Gasteiger partial charge in [0.1, 0.15) is 18.1 Å². The van der Waals surface area contributed by atoms with E-state index in [1.54, 1.807) is 7.11 Å². The largest absolute Gasteiger partial charge is 0.497 e. The molecule has 1 aromatic carbocycles. The highest BCUT2D eigenvalue weighted by molar-refractivity contribution is 6.04. The first-order valence-corrected chi connectivity index (χ1v) is 6.11. The molecule has 0 N–H and O–H groups in total. The fraction of sp³-hybridized carbons (Fsp3) is 0.385. The number of cyclic esters (lactones) is 1. The zero-order chi connectivity index (χ0) is 13.2. The van der Waals surface area contributed by atoms with E-state index < -0.39 is 6.09 Å². The van der Waals surface area contributed by atoms with E-state index in [4.69, 9.17) is 14.2 Å². The number of carbonyl (C=O) groups excluding carboxylic acids is 1. The van der Waals surface area contributed by atoms with Gasteiger partial charge in [0.05, 0.1) is 26.0 Å². The number of carbonyl (C=O) groups is 1. The zero-order valence-corrected chi connectivity index (χ0v) is 10.6. The number of nitrogens with zero attached hydrogens (tertiary/aromatic N) is 2. The lowest BCUT2D eigenvalue weighted by atomic mass is 10.0. The Morgan fingerprint density at radius 3 is 2.95 bits per heavy atom. The average molecular weight is 262 g/mol. The summed E-state index contributed by atoms with van der Waals surface area (Å²) >= 11 is 0. The van der Waals surface area contributed by atoms with E-state index in [0.717, 1.165) is 22.8 Å². The number of ether oxygens (including phenoxy) is 3. The fourth-order valence-electron chi connectivity index (χ4n) is 2.11. The molecule has 1 amide bonds.